The van der Waals surface area contributed by atoms with Gasteiger partial charge in [-0.1, -0.05) is 51.0 Å². The lowest BCUT2D eigenvalue weighted by Gasteiger charge is -2.33. The van der Waals surface area contributed by atoms with Crippen LogP contribution in [0.25, 0.3) is 0 Å². The van der Waals surface area contributed by atoms with Crippen LogP contribution >= 0.6 is 12.6 Å². The van der Waals surface area contributed by atoms with E-state index in [9.17, 15) is 43.2 Å². The number of likely N-dealkylation sites (tertiary alicyclic amines) is 1. The van der Waals surface area contributed by atoms with Crippen LogP contribution < -0.4 is 45.1 Å². The van der Waals surface area contributed by atoms with E-state index in [0.29, 0.717) is 89.9 Å². The number of nitrogens with one attached hydrogen (secondary N) is 4. The molecule has 0 saturated carbocycles. The van der Waals surface area contributed by atoms with Gasteiger partial charge < -0.3 is 59.5 Å². The fraction of sp³-hybridized carbons (Fsp3) is 0.529. The van der Waals surface area contributed by atoms with E-state index in [4.69, 9.17) is 28.4 Å². The first-order chi connectivity index (χ1) is 44.1. The fourth-order valence-electron chi connectivity index (χ4n) is 11.6. The van der Waals surface area contributed by atoms with Crippen molar-refractivity contribution in [2.24, 2.45) is 16.3 Å². The molecule has 93 heavy (non-hydrogen) atoms. The first-order valence-electron chi connectivity index (χ1n) is 31.7. The summed E-state index contributed by atoms with van der Waals surface area (Å²) < 4.78 is 36.0. The van der Waals surface area contributed by atoms with Gasteiger partial charge in [-0.15, -0.1) is 0 Å². The number of amides is 9. The van der Waals surface area contributed by atoms with Crippen LogP contribution in [-0.2, 0) is 44.8 Å². The van der Waals surface area contributed by atoms with Crippen molar-refractivity contribution in [1.29, 1.82) is 0 Å². The Morgan fingerprint density at radius 2 is 1.38 bits per heavy atom. The minimum absolute atomic E-state index is 0.00705. The molecule has 6 atom stereocenters. The maximum atomic E-state index is 14.4. The van der Waals surface area contributed by atoms with Gasteiger partial charge in [-0.3, -0.25) is 53.1 Å². The molecule has 2 unspecified atom stereocenters. The summed E-state index contributed by atoms with van der Waals surface area (Å²) >= 11 is 4.11. The number of thiol groups is 1. The van der Waals surface area contributed by atoms with Gasteiger partial charge in [0.1, 0.15) is 18.7 Å². The predicted octanol–water partition coefficient (Wildman–Crippen LogP) is 8.58. The summed E-state index contributed by atoms with van der Waals surface area (Å²) in [6, 6.07) is 10.3. The van der Waals surface area contributed by atoms with Crippen LogP contribution in [0.2, 0.25) is 0 Å². The van der Waals surface area contributed by atoms with Gasteiger partial charge in [0.2, 0.25) is 35.4 Å². The van der Waals surface area contributed by atoms with Gasteiger partial charge in [0.05, 0.1) is 78.9 Å². The lowest BCUT2D eigenvalue weighted by atomic mass is 9.87. The van der Waals surface area contributed by atoms with Crippen molar-refractivity contribution in [1.82, 2.24) is 30.7 Å². The molecule has 4 N–H and O–H groups in total. The third kappa shape index (κ3) is 17.2. The van der Waals surface area contributed by atoms with Crippen molar-refractivity contribution in [2.45, 2.75) is 175 Å². The Kier molecular flexibility index (Phi) is 23.1. The van der Waals surface area contributed by atoms with Gasteiger partial charge in [-0.05, 0) is 122 Å². The molecule has 0 radical (unpaired) electrons. The largest absolute Gasteiger partial charge is 0.493 e. The number of carbonyl (C=O) groups is 9. The SMILES string of the molecule is COc1cc2c(cc1OCCCCCOc1cc3c(cc1OC)C(=O)N1C=C(C)C[C@H]1C(C)N3C(=O)OCc1ccc(NC(=O)[C@H](C)NC(=O)[C@@H](NC(=O)C(C)(C)CCOC(C)(C)CCNC(=O)CCN3C(=O)CC(S)C3=O)C(C)C)cc1)N=C[C@@H]1CC(C)=CN1C2=O. The molecule has 0 spiro atoms. The van der Waals surface area contributed by atoms with E-state index in [0.717, 1.165) is 28.9 Å². The summed E-state index contributed by atoms with van der Waals surface area (Å²) in [4.78, 5) is 130. The van der Waals surface area contributed by atoms with E-state index < -0.39 is 58.2 Å². The van der Waals surface area contributed by atoms with Crippen molar-refractivity contribution in [3.8, 4) is 23.0 Å². The van der Waals surface area contributed by atoms with E-state index >= 15 is 0 Å². The fourth-order valence-corrected chi connectivity index (χ4v) is 11.9. The second-order valence-electron chi connectivity index (χ2n) is 26.0. The number of rotatable bonds is 29. The number of carbonyl (C=O) groups excluding carboxylic acids is 9. The molecular weight excluding hydrogens is 1210 g/mol. The van der Waals surface area contributed by atoms with E-state index in [-0.39, 0.29) is 98.9 Å². The lowest BCUT2D eigenvalue weighted by molar-refractivity contribution is -0.138. The highest BCUT2D eigenvalue weighted by Crippen LogP contribution is 2.43. The van der Waals surface area contributed by atoms with Gasteiger partial charge >= 0.3 is 6.09 Å². The van der Waals surface area contributed by atoms with Crippen molar-refractivity contribution >= 4 is 89.3 Å². The molecule has 25 heteroatoms. The smallest absolute Gasteiger partial charge is 0.414 e. The number of hydrogen-bond donors (Lipinski definition) is 5. The number of hydrogen-bond acceptors (Lipinski definition) is 17. The lowest BCUT2D eigenvalue weighted by Crippen LogP contribution is -2.55. The Morgan fingerprint density at radius 1 is 0.742 bits per heavy atom. The number of imide groups is 1. The average molecular weight is 1300 g/mol. The zero-order valence-electron chi connectivity index (χ0n) is 55.3. The van der Waals surface area contributed by atoms with E-state index in [1.165, 1.54) is 26.0 Å². The molecular formula is C68H89N9O15S. The topological polar surface area (TPSA) is 282 Å². The molecule has 5 aliphatic heterocycles. The van der Waals surface area contributed by atoms with Gasteiger partial charge in [-0.25, -0.2) is 4.79 Å². The first-order valence-corrected chi connectivity index (χ1v) is 32.3. The molecule has 0 bridgehead atoms. The molecule has 24 nitrogen and oxygen atoms in total. The Balaban J connectivity index is 0.798. The molecule has 8 rings (SSSR count). The number of fused-ring (bicyclic) bond motifs is 4. The van der Waals surface area contributed by atoms with Crippen LogP contribution in [-0.4, -0.2) is 162 Å². The Labute approximate surface area is 549 Å². The molecule has 1 fully saturated rings. The number of anilines is 2. The number of unbranched alkanes of at least 4 members (excludes halogenated alkanes) is 2. The number of nitrogens with zero attached hydrogens (tertiary/aromatic N) is 5. The molecule has 0 aromatic heterocycles. The second-order valence-corrected chi connectivity index (χ2v) is 26.6. The van der Waals surface area contributed by atoms with Gasteiger partial charge in [0.25, 0.3) is 11.8 Å². The summed E-state index contributed by atoms with van der Waals surface area (Å²) in [7, 11) is 3.02. The van der Waals surface area contributed by atoms with Gasteiger partial charge in [0, 0.05) is 74.4 Å². The monoisotopic (exact) mass is 1300 g/mol. The van der Waals surface area contributed by atoms with Gasteiger partial charge in [-0.2, -0.15) is 12.6 Å². The zero-order chi connectivity index (χ0) is 67.6. The summed E-state index contributed by atoms with van der Waals surface area (Å²) in [5, 5.41) is 10.6. The van der Waals surface area contributed by atoms with Crippen LogP contribution in [0, 0.1) is 11.3 Å². The average Bonchev–Trinajstić information content (AvgIpc) is 1.64. The molecule has 502 valence electrons. The second kappa shape index (κ2) is 30.5. The molecule has 0 aliphatic carbocycles. The van der Waals surface area contributed by atoms with Crippen molar-refractivity contribution in [2.75, 3.05) is 57.3 Å². The molecule has 5 aliphatic rings. The quantitative estimate of drug-likeness (QED) is 0.0247. The van der Waals surface area contributed by atoms with Crippen LogP contribution in [0.15, 0.2) is 77.1 Å². The van der Waals surface area contributed by atoms with Crippen LogP contribution in [0.1, 0.15) is 153 Å². The highest BCUT2D eigenvalue weighted by molar-refractivity contribution is 7.81. The maximum absolute atomic E-state index is 14.4. The highest BCUT2D eigenvalue weighted by Gasteiger charge is 2.44. The molecule has 3 aromatic carbocycles. The van der Waals surface area contributed by atoms with Crippen molar-refractivity contribution < 1.29 is 71.6 Å². The van der Waals surface area contributed by atoms with E-state index in [1.54, 1.807) is 92.2 Å². The number of aliphatic imine (C=N–C) groups is 1. The minimum atomic E-state index is -1.00. The molecule has 1 saturated heterocycles. The van der Waals surface area contributed by atoms with Crippen LogP contribution in [0.5, 0.6) is 23.0 Å². The van der Waals surface area contributed by atoms with E-state index in [1.807, 2.05) is 47.0 Å². The maximum Gasteiger partial charge on any atom is 0.414 e. The van der Waals surface area contributed by atoms with E-state index in [2.05, 4.69) is 38.9 Å². The normalized spacial score (nSPS) is 19.1. The van der Waals surface area contributed by atoms with Crippen LogP contribution in [0.4, 0.5) is 21.9 Å². The first kappa shape index (κ1) is 70.4. The number of methoxy groups -OCH3 is 2. The molecule has 9 amide bonds. The zero-order valence-corrected chi connectivity index (χ0v) is 56.2. The van der Waals surface area contributed by atoms with Crippen molar-refractivity contribution in [3.63, 3.8) is 0 Å². The Bertz CT molecular complexity index is 3440. The van der Waals surface area contributed by atoms with Crippen molar-refractivity contribution in [3.05, 3.63) is 88.8 Å². The van der Waals surface area contributed by atoms with Crippen LogP contribution in [0.3, 0.4) is 0 Å². The molecule has 5 heterocycles. The highest BCUT2D eigenvalue weighted by atomic mass is 32.1. The summed E-state index contributed by atoms with van der Waals surface area (Å²) in [5.74, 6) is -1.67. The van der Waals surface area contributed by atoms with Gasteiger partial charge in [0.15, 0.2) is 23.0 Å². The standard InChI is InChI=1S/C68H89N9O15S/c1-39(2)59(73-65(85)67(7,8)22-27-92-68(9,10)21-23-69-57(78)20-24-74-58(79)34-56(93)64(74)84)61(81)71-42(5)60(80)72-45-18-16-44(17-19-45)38-91-66(86)77-43(6)50-29-41(4)37-76(50)63(83)48-31-53(88-12)55(33-51(48)77)90-26-15-13-14-25-89-54-32-49-47(30-52(54)87-11)62(82)75-36-40(3)28-46(75)35-70-49/h16-19,30-33,35-37,39,42-43,46,50,56,59,93H,13-15,20-29,34,38H2,1-12H3,(H,69,78)(H,71,81)(H,72,80)(H,73,85)/t42-,43?,46-,50-,56?,59-/m0/s1. The Hall–Kier alpha value is -8.45. The molecule has 3 aromatic rings. The Morgan fingerprint density at radius 3 is 2.02 bits per heavy atom. The minimum Gasteiger partial charge on any atom is -0.493 e. The summed E-state index contributed by atoms with van der Waals surface area (Å²) in [6.07, 6.45) is 8.87. The number of ether oxygens (including phenoxy) is 6. The summed E-state index contributed by atoms with van der Waals surface area (Å²) in [6.45, 7) is 19.1. The third-order valence-electron chi connectivity index (χ3n) is 17.3. The predicted molar refractivity (Wildman–Crippen MR) is 352 cm³/mol. The number of benzene rings is 3. The third-order valence-corrected chi connectivity index (χ3v) is 17.7. The summed E-state index contributed by atoms with van der Waals surface area (Å²) in [5.41, 5.74) is 3.00.